The van der Waals surface area contributed by atoms with Gasteiger partial charge in [-0.1, -0.05) is 0 Å². The first-order valence-corrected chi connectivity index (χ1v) is 7.73. The highest BCUT2D eigenvalue weighted by Crippen LogP contribution is 2.22. The molecule has 0 aromatic heterocycles. The lowest BCUT2D eigenvalue weighted by Gasteiger charge is -2.23. The fraction of sp³-hybridized carbons (Fsp3) is 0.471. The number of hydrogen-bond donors (Lipinski definition) is 2. The van der Waals surface area contributed by atoms with Crippen molar-refractivity contribution in [3.8, 4) is 11.8 Å². The van der Waals surface area contributed by atoms with Gasteiger partial charge < -0.3 is 20.1 Å². The van der Waals surface area contributed by atoms with Crippen LogP contribution in [0.4, 0.5) is 13.6 Å². The number of hydrogen-bond acceptors (Lipinski definition) is 5. The van der Waals surface area contributed by atoms with Crippen LogP contribution >= 0.6 is 0 Å². The highest BCUT2D eigenvalue weighted by atomic mass is 19.1. The van der Waals surface area contributed by atoms with Gasteiger partial charge >= 0.3 is 6.09 Å². The van der Waals surface area contributed by atoms with Crippen LogP contribution in [0.15, 0.2) is 12.1 Å². The summed E-state index contributed by atoms with van der Waals surface area (Å²) in [6.07, 6.45) is -1.40. The molecular formula is C17H21F2N3O4. The summed E-state index contributed by atoms with van der Waals surface area (Å²) in [7, 11) is 1.26. The molecule has 0 spiro atoms. The Balaban J connectivity index is 3.04. The zero-order valence-electron chi connectivity index (χ0n) is 15.0. The number of ether oxygens (including phenoxy) is 2. The van der Waals surface area contributed by atoms with E-state index in [1.54, 1.807) is 26.8 Å². The molecule has 0 fully saturated rings. The number of halogens is 2. The molecule has 7 nitrogen and oxygen atoms in total. The van der Waals surface area contributed by atoms with Crippen LogP contribution in [0.1, 0.15) is 26.3 Å². The van der Waals surface area contributed by atoms with Crippen molar-refractivity contribution < 1.29 is 27.8 Å². The highest BCUT2D eigenvalue weighted by Gasteiger charge is 2.27. The van der Waals surface area contributed by atoms with Crippen molar-refractivity contribution >= 4 is 12.0 Å². The first-order chi connectivity index (χ1) is 12.1. The molecule has 0 radical (unpaired) electrons. The predicted octanol–water partition coefficient (Wildman–Crippen LogP) is 2.05. The normalized spacial score (nSPS) is 11.9. The van der Waals surface area contributed by atoms with Gasteiger partial charge in [0.1, 0.15) is 35.6 Å². The summed E-state index contributed by atoms with van der Waals surface area (Å²) in [5.41, 5.74) is -1.23. The third-order valence-electron chi connectivity index (χ3n) is 3.11. The van der Waals surface area contributed by atoms with Crippen LogP contribution in [-0.4, -0.2) is 37.3 Å². The maximum Gasteiger partial charge on any atom is 0.408 e. The molecule has 1 aromatic rings. The minimum Gasteiger partial charge on any atom is -0.497 e. The van der Waals surface area contributed by atoms with Gasteiger partial charge in [-0.3, -0.25) is 4.79 Å². The second-order valence-corrected chi connectivity index (χ2v) is 6.35. The molecule has 0 aliphatic heterocycles. The molecular weight excluding hydrogens is 348 g/mol. The quantitative estimate of drug-likeness (QED) is 0.748. The minimum atomic E-state index is -1.34. The van der Waals surface area contributed by atoms with E-state index in [0.29, 0.717) is 0 Å². The molecule has 0 aliphatic rings. The van der Waals surface area contributed by atoms with Crippen molar-refractivity contribution in [1.29, 1.82) is 5.26 Å². The van der Waals surface area contributed by atoms with Crippen molar-refractivity contribution in [1.82, 2.24) is 10.6 Å². The Morgan fingerprint density at radius 3 is 2.31 bits per heavy atom. The third kappa shape index (κ3) is 6.55. The van der Waals surface area contributed by atoms with Crippen LogP contribution in [0.5, 0.6) is 5.75 Å². The Morgan fingerprint density at radius 1 is 1.27 bits per heavy atom. The van der Waals surface area contributed by atoms with Gasteiger partial charge in [-0.05, 0) is 20.8 Å². The maximum absolute atomic E-state index is 14.1. The van der Waals surface area contributed by atoms with Crippen molar-refractivity contribution in [3.63, 3.8) is 0 Å². The van der Waals surface area contributed by atoms with Gasteiger partial charge in [0.05, 0.1) is 13.2 Å². The number of amides is 2. The SMILES string of the molecule is COc1cc(F)c(C[C@H](NC(=O)OC(C)(C)C)C(=O)NCC#N)c(F)c1. The van der Waals surface area contributed by atoms with E-state index in [0.717, 1.165) is 12.1 Å². The third-order valence-corrected chi connectivity index (χ3v) is 3.11. The molecule has 2 N–H and O–H groups in total. The predicted molar refractivity (Wildman–Crippen MR) is 88.4 cm³/mol. The Hall–Kier alpha value is -2.89. The van der Waals surface area contributed by atoms with Crippen molar-refractivity contribution in [2.24, 2.45) is 0 Å². The summed E-state index contributed by atoms with van der Waals surface area (Å²) in [5, 5.41) is 13.1. The molecule has 9 heteroatoms. The topological polar surface area (TPSA) is 100 Å². The van der Waals surface area contributed by atoms with E-state index >= 15 is 0 Å². The summed E-state index contributed by atoms with van der Waals surface area (Å²) in [5.74, 6) is -2.64. The first kappa shape index (κ1) is 21.2. The number of rotatable bonds is 6. The van der Waals surface area contributed by atoms with E-state index in [2.05, 4.69) is 10.6 Å². The average Bonchev–Trinajstić information content (AvgIpc) is 2.52. The van der Waals surface area contributed by atoms with Crippen LogP contribution in [0, 0.1) is 23.0 Å². The Kier molecular flexibility index (Phi) is 7.31. The van der Waals surface area contributed by atoms with Crippen LogP contribution in [0.25, 0.3) is 0 Å². The van der Waals surface area contributed by atoms with Crippen molar-refractivity contribution in [3.05, 3.63) is 29.3 Å². The molecule has 0 unspecified atom stereocenters. The molecule has 0 saturated carbocycles. The van der Waals surface area contributed by atoms with E-state index < -0.39 is 47.3 Å². The number of nitrogens with one attached hydrogen (secondary N) is 2. The van der Waals surface area contributed by atoms with Crippen molar-refractivity contribution in [2.45, 2.75) is 38.8 Å². The molecule has 26 heavy (non-hydrogen) atoms. The molecule has 1 atom stereocenters. The number of nitrogens with zero attached hydrogens (tertiary/aromatic N) is 1. The number of methoxy groups -OCH3 is 1. The molecule has 0 aliphatic carbocycles. The molecule has 2 amide bonds. The summed E-state index contributed by atoms with van der Waals surface area (Å²) < 4.78 is 38.1. The van der Waals surface area contributed by atoms with Gasteiger partial charge in [0.25, 0.3) is 0 Å². The number of carbonyl (C=O) groups excluding carboxylic acids is 2. The molecule has 0 heterocycles. The Morgan fingerprint density at radius 2 is 1.85 bits per heavy atom. The van der Waals surface area contributed by atoms with Crippen LogP contribution in [0.2, 0.25) is 0 Å². The fourth-order valence-corrected chi connectivity index (χ4v) is 2.01. The lowest BCUT2D eigenvalue weighted by atomic mass is 10.0. The summed E-state index contributed by atoms with van der Waals surface area (Å²) in [6.45, 7) is 4.55. The number of nitriles is 1. The zero-order valence-corrected chi connectivity index (χ0v) is 15.0. The van der Waals surface area contributed by atoms with Gasteiger partial charge in [0.2, 0.25) is 5.91 Å². The largest absolute Gasteiger partial charge is 0.497 e. The fourth-order valence-electron chi connectivity index (χ4n) is 2.01. The second kappa shape index (κ2) is 8.99. The maximum atomic E-state index is 14.1. The van der Waals surface area contributed by atoms with Gasteiger partial charge in [0.15, 0.2) is 0 Å². The van der Waals surface area contributed by atoms with Gasteiger partial charge in [-0.25, -0.2) is 13.6 Å². The van der Waals surface area contributed by atoms with Crippen LogP contribution in [0.3, 0.4) is 0 Å². The van der Waals surface area contributed by atoms with E-state index in [1.807, 2.05) is 0 Å². The number of carbonyl (C=O) groups is 2. The van der Waals surface area contributed by atoms with E-state index in [1.165, 1.54) is 7.11 Å². The highest BCUT2D eigenvalue weighted by molar-refractivity contribution is 5.86. The summed E-state index contributed by atoms with van der Waals surface area (Å²) >= 11 is 0. The average molecular weight is 369 g/mol. The number of alkyl carbamates (subject to hydrolysis) is 1. The number of benzene rings is 1. The van der Waals surface area contributed by atoms with Crippen LogP contribution < -0.4 is 15.4 Å². The smallest absolute Gasteiger partial charge is 0.408 e. The van der Waals surface area contributed by atoms with Gasteiger partial charge in [-0.2, -0.15) is 5.26 Å². The molecule has 1 aromatic carbocycles. The Labute approximate surface area is 150 Å². The lowest BCUT2D eigenvalue weighted by molar-refractivity contribution is -0.122. The molecule has 142 valence electrons. The van der Waals surface area contributed by atoms with Gasteiger partial charge in [0, 0.05) is 24.1 Å². The Bertz CT molecular complexity index is 688. The molecule has 0 bridgehead atoms. The van der Waals surface area contributed by atoms with Crippen LogP contribution in [-0.2, 0) is 16.0 Å². The zero-order chi connectivity index (χ0) is 19.9. The monoisotopic (exact) mass is 369 g/mol. The first-order valence-electron chi connectivity index (χ1n) is 7.73. The molecule has 0 saturated heterocycles. The van der Waals surface area contributed by atoms with E-state index in [9.17, 15) is 18.4 Å². The van der Waals surface area contributed by atoms with E-state index in [-0.39, 0.29) is 12.3 Å². The van der Waals surface area contributed by atoms with E-state index in [4.69, 9.17) is 14.7 Å². The molecule has 1 rings (SSSR count). The summed E-state index contributed by atoms with van der Waals surface area (Å²) in [6, 6.07) is 2.31. The summed E-state index contributed by atoms with van der Waals surface area (Å²) in [4.78, 5) is 24.1. The standard InChI is InChI=1S/C17H21F2N3O4/c1-17(2,3)26-16(24)22-14(15(23)21-6-5-20)9-11-12(18)7-10(25-4)8-13(11)19/h7-8,14H,6,9H2,1-4H3,(H,21,23)(H,22,24)/t14-/m0/s1. The lowest BCUT2D eigenvalue weighted by Crippen LogP contribution is -2.49. The minimum absolute atomic E-state index is 0.0191. The second-order valence-electron chi connectivity index (χ2n) is 6.35. The van der Waals surface area contributed by atoms with Crippen molar-refractivity contribution in [2.75, 3.05) is 13.7 Å². The van der Waals surface area contributed by atoms with Gasteiger partial charge in [-0.15, -0.1) is 0 Å².